The van der Waals surface area contributed by atoms with Crippen LogP contribution in [-0.4, -0.2) is 62.5 Å². The molecular formula is C27H26F3N7O2. The number of piperazine rings is 1. The zero-order chi connectivity index (χ0) is 27.5. The van der Waals surface area contributed by atoms with E-state index in [1.807, 2.05) is 9.80 Å². The zero-order valence-corrected chi connectivity index (χ0v) is 21.4. The number of urea groups is 1. The van der Waals surface area contributed by atoms with Gasteiger partial charge in [0.25, 0.3) is 5.56 Å². The van der Waals surface area contributed by atoms with Crippen molar-refractivity contribution in [3.8, 4) is 11.1 Å². The van der Waals surface area contributed by atoms with Crippen molar-refractivity contribution in [2.24, 2.45) is 7.05 Å². The van der Waals surface area contributed by atoms with E-state index < -0.39 is 11.7 Å². The Morgan fingerprint density at radius 3 is 2.54 bits per heavy atom. The number of anilines is 1. The second-order valence-corrected chi connectivity index (χ2v) is 10.0. The highest BCUT2D eigenvalue weighted by Gasteiger charge is 2.36. The van der Waals surface area contributed by atoms with Gasteiger partial charge in [0.1, 0.15) is 0 Å². The molecular weight excluding hydrogens is 511 g/mol. The molecule has 2 saturated heterocycles. The van der Waals surface area contributed by atoms with Crippen LogP contribution in [0.4, 0.5) is 23.9 Å². The van der Waals surface area contributed by atoms with E-state index in [2.05, 4.69) is 15.3 Å². The maximum absolute atomic E-state index is 13.7. The molecule has 1 atom stereocenters. The molecule has 202 valence electrons. The molecule has 4 aromatic rings. The monoisotopic (exact) mass is 537 g/mol. The van der Waals surface area contributed by atoms with Crippen molar-refractivity contribution in [2.45, 2.75) is 25.7 Å². The molecule has 0 aliphatic carbocycles. The fourth-order valence-corrected chi connectivity index (χ4v) is 5.45. The summed E-state index contributed by atoms with van der Waals surface area (Å²) in [5, 5.41) is 3.27. The number of alkyl halides is 3. The van der Waals surface area contributed by atoms with E-state index in [0.29, 0.717) is 54.2 Å². The molecule has 1 N–H and O–H groups in total. The topological polar surface area (TPSA) is 88.3 Å². The van der Waals surface area contributed by atoms with Gasteiger partial charge in [0.05, 0.1) is 29.1 Å². The number of carbonyl (C=O) groups is 1. The molecule has 2 aromatic heterocycles. The number of carbonyl (C=O) groups excluding carboxylic acids is 1. The molecule has 0 bridgehead atoms. The van der Waals surface area contributed by atoms with E-state index >= 15 is 0 Å². The average Bonchev–Trinajstić information content (AvgIpc) is 3.40. The summed E-state index contributed by atoms with van der Waals surface area (Å²) in [6.45, 7) is 4.08. The molecule has 0 saturated carbocycles. The number of halogens is 3. The van der Waals surface area contributed by atoms with E-state index in [4.69, 9.17) is 0 Å². The van der Waals surface area contributed by atoms with Crippen LogP contribution < -0.4 is 15.8 Å². The number of benzene rings is 2. The fraction of sp³-hybridized carbons (Fsp3) is 0.333. The summed E-state index contributed by atoms with van der Waals surface area (Å²) < 4.78 is 44.1. The van der Waals surface area contributed by atoms with Gasteiger partial charge in [-0.15, -0.1) is 0 Å². The van der Waals surface area contributed by atoms with Crippen molar-refractivity contribution >= 4 is 22.9 Å². The summed E-state index contributed by atoms with van der Waals surface area (Å²) in [6.07, 6.45) is -1.12. The maximum atomic E-state index is 13.7. The van der Waals surface area contributed by atoms with Crippen LogP contribution in [0.1, 0.15) is 16.7 Å². The summed E-state index contributed by atoms with van der Waals surface area (Å²) in [5.74, 6) is 0.564. The van der Waals surface area contributed by atoms with Gasteiger partial charge in [-0.2, -0.15) is 13.2 Å². The van der Waals surface area contributed by atoms with E-state index in [-0.39, 0.29) is 29.7 Å². The van der Waals surface area contributed by atoms with Gasteiger partial charge in [0.15, 0.2) is 0 Å². The molecule has 4 heterocycles. The predicted octanol–water partition coefficient (Wildman–Crippen LogP) is 3.39. The minimum Gasteiger partial charge on any atom is -0.337 e. The van der Waals surface area contributed by atoms with Gasteiger partial charge in [-0.1, -0.05) is 23.8 Å². The highest BCUT2D eigenvalue weighted by Crippen LogP contribution is 2.33. The third-order valence-electron chi connectivity index (χ3n) is 7.54. The van der Waals surface area contributed by atoms with Crippen LogP contribution in [0.25, 0.3) is 22.0 Å². The Morgan fingerprint density at radius 2 is 1.79 bits per heavy atom. The van der Waals surface area contributed by atoms with Crippen LogP contribution in [0.15, 0.2) is 53.6 Å². The SMILES string of the molecule is Cc1ccc(C(F)(F)F)c(Cn2c3cc(-c4cnc(N5CCN6C(=O)NC[C@H]6C5)nc4)ccc3c(=O)n2C)c1. The Hall–Kier alpha value is -4.35. The van der Waals surface area contributed by atoms with Crippen molar-refractivity contribution < 1.29 is 18.0 Å². The number of hydrogen-bond acceptors (Lipinski definition) is 5. The lowest BCUT2D eigenvalue weighted by molar-refractivity contribution is -0.138. The molecule has 2 fully saturated rings. The first-order chi connectivity index (χ1) is 18.6. The lowest BCUT2D eigenvalue weighted by Gasteiger charge is -2.36. The van der Waals surface area contributed by atoms with Gasteiger partial charge in [-0.05, 0) is 36.2 Å². The van der Waals surface area contributed by atoms with Crippen molar-refractivity contribution in [3.05, 3.63) is 75.8 Å². The number of fused-ring (bicyclic) bond motifs is 2. The van der Waals surface area contributed by atoms with E-state index in [9.17, 15) is 22.8 Å². The second kappa shape index (κ2) is 9.14. The number of hydrogen-bond donors (Lipinski definition) is 1. The smallest absolute Gasteiger partial charge is 0.337 e. The summed E-state index contributed by atoms with van der Waals surface area (Å²) in [5.41, 5.74) is 1.76. The van der Waals surface area contributed by atoms with Crippen molar-refractivity contribution in [1.29, 1.82) is 0 Å². The molecule has 39 heavy (non-hydrogen) atoms. The Bertz CT molecular complexity index is 1640. The standard InChI is InChI=1S/C27H26F3N7O2/c1-16-3-6-22(27(28,29)30)18(9-16)14-37-23-10-17(4-5-21(23)24(38)34(37)2)19-11-31-25(32-12-19)35-7-8-36-20(15-35)13-33-26(36)39/h3-6,9-12,20H,7-8,13-15H2,1-2H3,(H,33,39)/t20-/m0/s1. The van der Waals surface area contributed by atoms with E-state index in [0.717, 1.165) is 11.6 Å². The number of nitrogens with zero attached hydrogens (tertiary/aromatic N) is 6. The van der Waals surface area contributed by atoms with Gasteiger partial charge in [0, 0.05) is 51.2 Å². The molecule has 0 unspecified atom stereocenters. The molecule has 2 amide bonds. The average molecular weight is 538 g/mol. The van der Waals surface area contributed by atoms with Gasteiger partial charge in [0.2, 0.25) is 5.95 Å². The van der Waals surface area contributed by atoms with Crippen LogP contribution in [0.2, 0.25) is 0 Å². The van der Waals surface area contributed by atoms with Crippen LogP contribution in [0.3, 0.4) is 0 Å². The zero-order valence-electron chi connectivity index (χ0n) is 21.4. The van der Waals surface area contributed by atoms with Crippen LogP contribution in [-0.2, 0) is 19.8 Å². The number of nitrogens with one attached hydrogen (secondary N) is 1. The second-order valence-electron chi connectivity index (χ2n) is 10.0. The van der Waals surface area contributed by atoms with Gasteiger partial charge in [-0.3, -0.25) is 14.2 Å². The van der Waals surface area contributed by atoms with Gasteiger partial charge >= 0.3 is 12.2 Å². The Balaban J connectivity index is 1.32. The molecule has 2 aliphatic heterocycles. The minimum absolute atomic E-state index is 0.0391. The van der Waals surface area contributed by atoms with Crippen molar-refractivity contribution in [2.75, 3.05) is 31.1 Å². The van der Waals surface area contributed by atoms with Gasteiger partial charge < -0.3 is 15.1 Å². The predicted molar refractivity (Wildman–Crippen MR) is 140 cm³/mol. The Morgan fingerprint density at radius 1 is 1.03 bits per heavy atom. The molecule has 12 heteroatoms. The lowest BCUT2D eigenvalue weighted by Crippen LogP contribution is -2.52. The molecule has 2 aromatic carbocycles. The normalized spacial score (nSPS) is 17.6. The van der Waals surface area contributed by atoms with Crippen LogP contribution in [0, 0.1) is 6.92 Å². The van der Waals surface area contributed by atoms with Crippen LogP contribution in [0.5, 0.6) is 0 Å². The number of amides is 2. The Kier molecular flexibility index (Phi) is 5.85. The molecule has 9 nitrogen and oxygen atoms in total. The molecule has 0 radical (unpaired) electrons. The minimum atomic E-state index is -4.51. The summed E-state index contributed by atoms with van der Waals surface area (Å²) in [7, 11) is 1.55. The highest BCUT2D eigenvalue weighted by atomic mass is 19.4. The van der Waals surface area contributed by atoms with E-state index in [1.54, 1.807) is 49.2 Å². The third kappa shape index (κ3) is 4.39. The van der Waals surface area contributed by atoms with Crippen molar-refractivity contribution in [3.63, 3.8) is 0 Å². The number of aromatic nitrogens is 4. The summed E-state index contributed by atoms with van der Waals surface area (Å²) in [6, 6.07) is 9.32. The fourth-order valence-electron chi connectivity index (χ4n) is 5.45. The maximum Gasteiger partial charge on any atom is 0.416 e. The first-order valence-corrected chi connectivity index (χ1v) is 12.6. The third-order valence-corrected chi connectivity index (χ3v) is 7.54. The van der Waals surface area contributed by atoms with Gasteiger partial charge in [-0.25, -0.2) is 14.8 Å². The summed E-state index contributed by atoms with van der Waals surface area (Å²) in [4.78, 5) is 37.7. The first-order valence-electron chi connectivity index (χ1n) is 12.6. The Labute approximate surface area is 221 Å². The lowest BCUT2D eigenvalue weighted by atomic mass is 10.0. The highest BCUT2D eigenvalue weighted by molar-refractivity contribution is 5.84. The summed E-state index contributed by atoms with van der Waals surface area (Å²) >= 11 is 0. The quantitative estimate of drug-likeness (QED) is 0.431. The largest absolute Gasteiger partial charge is 0.416 e. The van der Waals surface area contributed by atoms with E-state index in [1.165, 1.54) is 16.8 Å². The number of rotatable bonds is 4. The van der Waals surface area contributed by atoms with Crippen LogP contribution >= 0.6 is 0 Å². The molecule has 6 rings (SSSR count). The van der Waals surface area contributed by atoms with Crippen molar-refractivity contribution in [1.82, 2.24) is 29.5 Å². The number of aryl methyl sites for hydroxylation is 1. The first kappa shape index (κ1) is 25.0. The molecule has 0 spiro atoms. The molecule has 2 aliphatic rings.